The molecular weight excluding hydrogens is 522 g/mol. The van der Waals surface area contributed by atoms with E-state index in [0.717, 1.165) is 28.7 Å². The zero-order valence-corrected chi connectivity index (χ0v) is 22.2. The van der Waals surface area contributed by atoms with Crippen LogP contribution in [0.4, 0.5) is 11.5 Å². The fourth-order valence-corrected chi connectivity index (χ4v) is 5.35. The quantitative estimate of drug-likeness (QED) is 0.269. The number of fused-ring (bicyclic) bond motifs is 1. The number of nitrogens with zero attached hydrogens (tertiary/aromatic N) is 3. The standard InChI is InChI=1S/C28H24ClN5O3S/c1-18-19(2)34(17-20-6-4-3-5-7-20)25-13-8-21(16-24(18)25)28(35)30-22-9-11-23(12-10-22)38(36,37)33-27-15-14-26(29)31-32-27/h3-16H,17H2,1-2H3,(H,30,35)(H,32,33). The number of rotatable bonds is 7. The molecule has 0 aliphatic rings. The van der Waals surface area contributed by atoms with Gasteiger partial charge in [0, 0.05) is 34.4 Å². The van der Waals surface area contributed by atoms with Crippen molar-refractivity contribution in [1.82, 2.24) is 14.8 Å². The van der Waals surface area contributed by atoms with Gasteiger partial charge in [-0.3, -0.25) is 9.52 Å². The van der Waals surface area contributed by atoms with Crippen molar-refractivity contribution in [3.63, 3.8) is 0 Å². The molecule has 2 aromatic heterocycles. The SMILES string of the molecule is Cc1c(C)n(Cc2ccccc2)c2ccc(C(=O)Nc3ccc(S(=O)(=O)Nc4ccc(Cl)nn4)cc3)cc12. The van der Waals surface area contributed by atoms with Gasteiger partial charge in [0.25, 0.3) is 15.9 Å². The predicted molar refractivity (Wildman–Crippen MR) is 149 cm³/mol. The molecule has 2 N–H and O–H groups in total. The number of hydrogen-bond acceptors (Lipinski definition) is 5. The number of benzene rings is 3. The maximum absolute atomic E-state index is 13.0. The fourth-order valence-electron chi connectivity index (χ4n) is 4.25. The molecular formula is C28H24ClN5O3S. The molecule has 10 heteroatoms. The van der Waals surface area contributed by atoms with Gasteiger partial charge in [-0.2, -0.15) is 0 Å². The number of hydrogen-bond donors (Lipinski definition) is 2. The van der Waals surface area contributed by atoms with Crippen molar-refractivity contribution in [2.24, 2.45) is 0 Å². The first-order valence-corrected chi connectivity index (χ1v) is 13.6. The third-order valence-corrected chi connectivity index (χ3v) is 7.95. The van der Waals surface area contributed by atoms with E-state index in [2.05, 4.69) is 50.8 Å². The molecule has 5 rings (SSSR count). The highest BCUT2D eigenvalue weighted by atomic mass is 35.5. The summed E-state index contributed by atoms with van der Waals surface area (Å²) >= 11 is 5.69. The van der Waals surface area contributed by atoms with E-state index in [1.165, 1.54) is 42.0 Å². The third kappa shape index (κ3) is 5.25. The van der Waals surface area contributed by atoms with E-state index in [-0.39, 0.29) is 21.8 Å². The predicted octanol–water partition coefficient (Wildman–Crippen LogP) is 5.80. The van der Waals surface area contributed by atoms with Crippen molar-refractivity contribution < 1.29 is 13.2 Å². The second-order valence-electron chi connectivity index (χ2n) is 8.84. The van der Waals surface area contributed by atoms with Gasteiger partial charge in [-0.15, -0.1) is 10.2 Å². The highest BCUT2D eigenvalue weighted by molar-refractivity contribution is 7.92. The highest BCUT2D eigenvalue weighted by Gasteiger charge is 2.17. The minimum atomic E-state index is -3.89. The third-order valence-electron chi connectivity index (χ3n) is 6.38. The van der Waals surface area contributed by atoms with Crippen LogP contribution in [0.15, 0.2) is 89.8 Å². The summed E-state index contributed by atoms with van der Waals surface area (Å²) in [4.78, 5) is 13.0. The molecule has 1 amide bonds. The van der Waals surface area contributed by atoms with Crippen LogP contribution in [0.3, 0.4) is 0 Å². The van der Waals surface area contributed by atoms with Gasteiger partial charge in [-0.05, 0) is 79.6 Å². The minimum absolute atomic E-state index is 0.0134. The molecule has 0 spiro atoms. The van der Waals surface area contributed by atoms with Crippen LogP contribution in [-0.4, -0.2) is 29.1 Å². The van der Waals surface area contributed by atoms with Crippen LogP contribution >= 0.6 is 11.6 Å². The van der Waals surface area contributed by atoms with E-state index in [1.807, 2.05) is 30.3 Å². The summed E-state index contributed by atoms with van der Waals surface area (Å²) in [6, 6.07) is 24.6. The van der Waals surface area contributed by atoms with Crippen molar-refractivity contribution in [2.45, 2.75) is 25.3 Å². The van der Waals surface area contributed by atoms with Gasteiger partial charge in [-0.25, -0.2) is 8.42 Å². The number of halogens is 1. The molecule has 0 radical (unpaired) electrons. The van der Waals surface area contributed by atoms with Crippen LogP contribution in [0.1, 0.15) is 27.2 Å². The lowest BCUT2D eigenvalue weighted by atomic mass is 10.1. The molecule has 0 fully saturated rings. The maximum atomic E-state index is 13.0. The van der Waals surface area contributed by atoms with Crippen molar-refractivity contribution in [3.05, 3.63) is 112 Å². The topological polar surface area (TPSA) is 106 Å². The largest absolute Gasteiger partial charge is 0.340 e. The summed E-state index contributed by atoms with van der Waals surface area (Å²) in [7, 11) is -3.89. The Morgan fingerprint density at radius 3 is 2.34 bits per heavy atom. The molecule has 38 heavy (non-hydrogen) atoms. The summed E-state index contributed by atoms with van der Waals surface area (Å²) in [5, 5.41) is 11.3. The Bertz CT molecular complexity index is 1730. The number of carbonyl (C=O) groups excluding carboxylic acids is 1. The van der Waals surface area contributed by atoms with Gasteiger partial charge in [0.1, 0.15) is 0 Å². The number of anilines is 2. The van der Waals surface area contributed by atoms with E-state index < -0.39 is 10.0 Å². The first-order chi connectivity index (χ1) is 18.2. The Kier molecular flexibility index (Phi) is 6.88. The molecule has 3 aromatic carbocycles. The number of aryl methyl sites for hydroxylation is 1. The molecule has 0 saturated carbocycles. The van der Waals surface area contributed by atoms with E-state index in [4.69, 9.17) is 11.6 Å². The summed E-state index contributed by atoms with van der Waals surface area (Å²) in [5.41, 5.74) is 5.52. The second kappa shape index (κ2) is 10.3. The van der Waals surface area contributed by atoms with Crippen LogP contribution in [-0.2, 0) is 16.6 Å². The maximum Gasteiger partial charge on any atom is 0.263 e. The molecule has 0 saturated heterocycles. The second-order valence-corrected chi connectivity index (χ2v) is 10.9. The molecule has 8 nitrogen and oxygen atoms in total. The molecule has 5 aromatic rings. The number of carbonyl (C=O) groups is 1. The van der Waals surface area contributed by atoms with E-state index in [0.29, 0.717) is 11.3 Å². The number of sulfonamides is 1. The summed E-state index contributed by atoms with van der Waals surface area (Å²) in [6.45, 7) is 4.89. The molecule has 0 aliphatic heterocycles. The van der Waals surface area contributed by atoms with Crippen LogP contribution in [0.5, 0.6) is 0 Å². The van der Waals surface area contributed by atoms with E-state index in [1.54, 1.807) is 6.07 Å². The first kappa shape index (κ1) is 25.4. The number of nitrogens with one attached hydrogen (secondary N) is 2. The zero-order chi connectivity index (χ0) is 26.9. The Balaban J connectivity index is 1.33. The van der Waals surface area contributed by atoms with Crippen LogP contribution in [0.25, 0.3) is 10.9 Å². The normalized spacial score (nSPS) is 11.4. The van der Waals surface area contributed by atoms with Gasteiger partial charge < -0.3 is 9.88 Å². The van der Waals surface area contributed by atoms with Crippen molar-refractivity contribution in [3.8, 4) is 0 Å². The molecule has 192 valence electrons. The van der Waals surface area contributed by atoms with Crippen LogP contribution < -0.4 is 10.0 Å². The molecule has 0 atom stereocenters. The number of aromatic nitrogens is 3. The fraction of sp³-hybridized carbons (Fsp3) is 0.107. The zero-order valence-electron chi connectivity index (χ0n) is 20.6. The van der Waals surface area contributed by atoms with Crippen molar-refractivity contribution >= 4 is 49.9 Å². The van der Waals surface area contributed by atoms with Gasteiger partial charge >= 0.3 is 0 Å². The Morgan fingerprint density at radius 2 is 1.66 bits per heavy atom. The van der Waals surface area contributed by atoms with Gasteiger partial charge in [0.05, 0.1) is 4.90 Å². The van der Waals surface area contributed by atoms with Crippen LogP contribution in [0, 0.1) is 13.8 Å². The van der Waals surface area contributed by atoms with E-state index in [9.17, 15) is 13.2 Å². The van der Waals surface area contributed by atoms with Crippen LogP contribution in [0.2, 0.25) is 5.15 Å². The lowest BCUT2D eigenvalue weighted by molar-refractivity contribution is 0.102. The lowest BCUT2D eigenvalue weighted by Crippen LogP contribution is -2.15. The van der Waals surface area contributed by atoms with E-state index >= 15 is 0 Å². The minimum Gasteiger partial charge on any atom is -0.340 e. The first-order valence-electron chi connectivity index (χ1n) is 11.8. The molecule has 0 bridgehead atoms. The molecule has 0 unspecified atom stereocenters. The lowest BCUT2D eigenvalue weighted by Gasteiger charge is -2.10. The Labute approximate surface area is 225 Å². The highest BCUT2D eigenvalue weighted by Crippen LogP contribution is 2.28. The van der Waals surface area contributed by atoms with Crippen molar-refractivity contribution in [2.75, 3.05) is 10.0 Å². The van der Waals surface area contributed by atoms with Crippen molar-refractivity contribution in [1.29, 1.82) is 0 Å². The summed E-state index contributed by atoms with van der Waals surface area (Å²) < 4.78 is 29.9. The smallest absolute Gasteiger partial charge is 0.263 e. The Hall–Kier alpha value is -4.21. The molecule has 0 aliphatic carbocycles. The molecule has 2 heterocycles. The average Bonchev–Trinajstić information content (AvgIpc) is 3.15. The van der Waals surface area contributed by atoms with Gasteiger partial charge in [0.15, 0.2) is 11.0 Å². The monoisotopic (exact) mass is 545 g/mol. The van der Waals surface area contributed by atoms with Gasteiger partial charge in [-0.1, -0.05) is 41.9 Å². The average molecular weight is 546 g/mol. The van der Waals surface area contributed by atoms with Gasteiger partial charge in [0.2, 0.25) is 0 Å². The summed E-state index contributed by atoms with van der Waals surface area (Å²) in [5.74, 6) is -0.241. The number of amides is 1. The summed E-state index contributed by atoms with van der Waals surface area (Å²) in [6.07, 6.45) is 0. The Morgan fingerprint density at radius 1 is 0.921 bits per heavy atom.